The molecule has 2 aromatic rings. The van der Waals surface area contributed by atoms with E-state index in [9.17, 15) is 9.59 Å². The lowest BCUT2D eigenvalue weighted by Gasteiger charge is -2.06. The summed E-state index contributed by atoms with van der Waals surface area (Å²) in [5.74, 6) is -1.23. The standard InChI is InChI=1S/C18H19ClN2O4/c1-12-15(8-9-17(22)25-11-18(23)24-3)13(2)21(20-12)10-14-6-4-5-7-16(14)19/h4-9H,10-11H2,1-3H3/b9-8+. The number of rotatable bonds is 6. The lowest BCUT2D eigenvalue weighted by Crippen LogP contribution is -2.13. The van der Waals surface area contributed by atoms with Gasteiger partial charge < -0.3 is 9.47 Å². The minimum absolute atomic E-state index is 0.413. The predicted octanol–water partition coefficient (Wildman–Crippen LogP) is 2.93. The second kappa shape index (κ2) is 8.48. The zero-order valence-electron chi connectivity index (χ0n) is 14.3. The summed E-state index contributed by atoms with van der Waals surface area (Å²) in [4.78, 5) is 22.6. The molecule has 0 aliphatic carbocycles. The molecule has 7 heteroatoms. The highest BCUT2D eigenvalue weighted by molar-refractivity contribution is 6.31. The maximum Gasteiger partial charge on any atom is 0.344 e. The maximum absolute atomic E-state index is 11.6. The third kappa shape index (κ3) is 4.93. The van der Waals surface area contributed by atoms with E-state index in [0.29, 0.717) is 11.6 Å². The largest absolute Gasteiger partial charge is 0.466 e. The number of aryl methyl sites for hydroxylation is 1. The number of hydrogen-bond acceptors (Lipinski definition) is 5. The Morgan fingerprint density at radius 2 is 2.00 bits per heavy atom. The van der Waals surface area contributed by atoms with Crippen LogP contribution >= 0.6 is 11.6 Å². The van der Waals surface area contributed by atoms with Crippen molar-refractivity contribution in [3.05, 3.63) is 57.9 Å². The first-order valence-corrected chi connectivity index (χ1v) is 7.99. The number of nitrogens with zero attached hydrogens (tertiary/aromatic N) is 2. The minimum atomic E-state index is -0.622. The number of hydrogen-bond donors (Lipinski definition) is 0. The Kier molecular flexibility index (Phi) is 6.36. The number of ether oxygens (including phenoxy) is 2. The van der Waals surface area contributed by atoms with Crippen LogP contribution in [0.25, 0.3) is 6.08 Å². The van der Waals surface area contributed by atoms with Crippen LogP contribution in [-0.4, -0.2) is 35.4 Å². The van der Waals surface area contributed by atoms with E-state index in [1.807, 2.05) is 42.8 Å². The van der Waals surface area contributed by atoms with Crippen molar-refractivity contribution >= 4 is 29.6 Å². The Hall–Kier alpha value is -2.60. The van der Waals surface area contributed by atoms with E-state index < -0.39 is 18.5 Å². The van der Waals surface area contributed by atoms with Crippen LogP contribution in [0.2, 0.25) is 5.02 Å². The highest BCUT2D eigenvalue weighted by Crippen LogP contribution is 2.20. The van der Waals surface area contributed by atoms with Crippen LogP contribution in [0.3, 0.4) is 0 Å². The number of halogens is 1. The fraction of sp³-hybridized carbons (Fsp3) is 0.278. The van der Waals surface area contributed by atoms with Crippen LogP contribution in [0.4, 0.5) is 0 Å². The topological polar surface area (TPSA) is 70.4 Å². The smallest absolute Gasteiger partial charge is 0.344 e. The van der Waals surface area contributed by atoms with Crippen LogP contribution in [0, 0.1) is 13.8 Å². The van der Waals surface area contributed by atoms with Crippen LogP contribution in [0.15, 0.2) is 30.3 Å². The molecule has 2 rings (SSSR count). The van der Waals surface area contributed by atoms with Gasteiger partial charge in [-0.25, -0.2) is 9.59 Å². The van der Waals surface area contributed by atoms with E-state index >= 15 is 0 Å². The summed E-state index contributed by atoms with van der Waals surface area (Å²) in [6, 6.07) is 7.57. The molecule has 0 aliphatic heterocycles. The SMILES string of the molecule is COC(=O)COC(=O)/C=C/c1c(C)nn(Cc2ccccc2Cl)c1C. The van der Waals surface area contributed by atoms with Crippen molar-refractivity contribution in [1.29, 1.82) is 0 Å². The number of carbonyl (C=O) groups is 2. The van der Waals surface area contributed by atoms with Crippen LogP contribution in [0.1, 0.15) is 22.5 Å². The Bertz CT molecular complexity index is 811. The molecule has 0 bridgehead atoms. The fourth-order valence-electron chi connectivity index (χ4n) is 2.28. The third-order valence-corrected chi connectivity index (χ3v) is 4.03. The van der Waals surface area contributed by atoms with Gasteiger partial charge >= 0.3 is 11.9 Å². The van der Waals surface area contributed by atoms with Gasteiger partial charge in [0.2, 0.25) is 0 Å². The van der Waals surface area contributed by atoms with E-state index in [0.717, 1.165) is 22.5 Å². The molecule has 0 radical (unpaired) electrons. The highest BCUT2D eigenvalue weighted by atomic mass is 35.5. The van der Waals surface area contributed by atoms with Gasteiger partial charge in [-0.2, -0.15) is 5.10 Å². The molecular formula is C18H19ClN2O4. The molecule has 0 N–H and O–H groups in total. The number of esters is 2. The lowest BCUT2D eigenvalue weighted by atomic mass is 10.1. The average molecular weight is 363 g/mol. The van der Waals surface area contributed by atoms with E-state index in [-0.39, 0.29) is 0 Å². The van der Waals surface area contributed by atoms with E-state index in [4.69, 9.17) is 16.3 Å². The van der Waals surface area contributed by atoms with Gasteiger partial charge in [-0.1, -0.05) is 29.8 Å². The highest BCUT2D eigenvalue weighted by Gasteiger charge is 2.11. The summed E-state index contributed by atoms with van der Waals surface area (Å²) in [6.07, 6.45) is 2.89. The van der Waals surface area contributed by atoms with Crippen LogP contribution in [0.5, 0.6) is 0 Å². The van der Waals surface area contributed by atoms with Crippen molar-refractivity contribution in [1.82, 2.24) is 9.78 Å². The van der Waals surface area contributed by atoms with Gasteiger partial charge in [-0.15, -0.1) is 0 Å². The molecule has 0 atom stereocenters. The van der Waals surface area contributed by atoms with E-state index in [1.54, 1.807) is 6.08 Å². The molecule has 1 aromatic carbocycles. The zero-order valence-corrected chi connectivity index (χ0v) is 15.0. The number of methoxy groups -OCH3 is 1. The monoisotopic (exact) mass is 362 g/mol. The molecule has 1 heterocycles. The first kappa shape index (κ1) is 18.7. The molecule has 1 aromatic heterocycles. The lowest BCUT2D eigenvalue weighted by molar-refractivity contribution is -0.154. The Morgan fingerprint density at radius 1 is 1.28 bits per heavy atom. The van der Waals surface area contributed by atoms with Crippen molar-refractivity contribution < 1.29 is 19.1 Å². The molecule has 0 aliphatic rings. The molecule has 0 amide bonds. The van der Waals surface area contributed by atoms with E-state index in [2.05, 4.69) is 9.84 Å². The molecule has 0 saturated carbocycles. The fourth-order valence-corrected chi connectivity index (χ4v) is 2.48. The van der Waals surface area contributed by atoms with Crippen LogP contribution in [-0.2, 0) is 25.6 Å². The average Bonchev–Trinajstić information content (AvgIpc) is 2.86. The number of benzene rings is 1. The van der Waals surface area contributed by atoms with Gasteiger partial charge in [0.15, 0.2) is 6.61 Å². The molecule has 0 fully saturated rings. The van der Waals surface area contributed by atoms with Gasteiger partial charge in [0.25, 0.3) is 0 Å². The molecule has 0 spiro atoms. The molecular weight excluding hydrogens is 344 g/mol. The molecule has 25 heavy (non-hydrogen) atoms. The number of carbonyl (C=O) groups excluding carboxylic acids is 2. The maximum atomic E-state index is 11.6. The molecule has 132 valence electrons. The number of aromatic nitrogens is 2. The van der Waals surface area contributed by atoms with Gasteiger partial charge in [-0.3, -0.25) is 4.68 Å². The molecule has 6 nitrogen and oxygen atoms in total. The normalized spacial score (nSPS) is 10.9. The Labute approximate surface area is 151 Å². The van der Waals surface area contributed by atoms with Crippen molar-refractivity contribution in [2.45, 2.75) is 20.4 Å². The van der Waals surface area contributed by atoms with Gasteiger partial charge in [-0.05, 0) is 31.6 Å². The van der Waals surface area contributed by atoms with Crippen LogP contribution < -0.4 is 0 Å². The van der Waals surface area contributed by atoms with Crippen molar-refractivity contribution in [2.24, 2.45) is 0 Å². The zero-order chi connectivity index (χ0) is 18.4. The molecule has 0 saturated heterocycles. The second-order valence-corrected chi connectivity index (χ2v) is 5.76. The van der Waals surface area contributed by atoms with Crippen molar-refractivity contribution in [3.8, 4) is 0 Å². The van der Waals surface area contributed by atoms with Crippen molar-refractivity contribution in [3.63, 3.8) is 0 Å². The first-order valence-electron chi connectivity index (χ1n) is 7.61. The Balaban J connectivity index is 2.11. The summed E-state index contributed by atoms with van der Waals surface area (Å²) in [7, 11) is 1.23. The third-order valence-electron chi connectivity index (χ3n) is 3.66. The predicted molar refractivity (Wildman–Crippen MR) is 94.3 cm³/mol. The van der Waals surface area contributed by atoms with Gasteiger partial charge in [0.1, 0.15) is 0 Å². The Morgan fingerprint density at radius 3 is 2.68 bits per heavy atom. The van der Waals surface area contributed by atoms with Gasteiger partial charge in [0.05, 0.1) is 19.3 Å². The minimum Gasteiger partial charge on any atom is -0.466 e. The summed E-state index contributed by atoms with van der Waals surface area (Å²) < 4.78 is 11.0. The second-order valence-electron chi connectivity index (χ2n) is 5.35. The first-order chi connectivity index (χ1) is 11.9. The van der Waals surface area contributed by atoms with Gasteiger partial charge in [0, 0.05) is 22.4 Å². The summed E-state index contributed by atoms with van der Waals surface area (Å²) >= 11 is 6.19. The summed E-state index contributed by atoms with van der Waals surface area (Å²) in [5.41, 5.74) is 3.46. The quantitative estimate of drug-likeness (QED) is 0.583. The summed E-state index contributed by atoms with van der Waals surface area (Å²) in [5, 5.41) is 5.17. The van der Waals surface area contributed by atoms with Crippen molar-refractivity contribution in [2.75, 3.05) is 13.7 Å². The van der Waals surface area contributed by atoms with E-state index in [1.165, 1.54) is 13.2 Å². The molecule has 0 unspecified atom stereocenters. The summed E-state index contributed by atoms with van der Waals surface area (Å²) in [6.45, 7) is 3.89.